The molecule has 1 rings (SSSR count). The van der Waals surface area contributed by atoms with Gasteiger partial charge in [-0.3, -0.25) is 5.32 Å². The maximum Gasteiger partial charge on any atom is 0.0691 e. The lowest BCUT2D eigenvalue weighted by atomic mass is 10.1. The molecular formula is C14H17BrClN. The average Bonchev–Trinajstić information content (AvgIpc) is 2.28. The van der Waals surface area contributed by atoms with Gasteiger partial charge in [0.25, 0.3) is 0 Å². The second-order valence-corrected chi connectivity index (χ2v) is 5.38. The molecule has 1 aromatic carbocycles. The number of rotatable bonds is 5. The van der Waals surface area contributed by atoms with Crippen LogP contribution in [-0.2, 0) is 0 Å². The van der Waals surface area contributed by atoms with Gasteiger partial charge < -0.3 is 0 Å². The molecule has 2 unspecified atom stereocenters. The molecule has 0 radical (unpaired) electrons. The van der Waals surface area contributed by atoms with Crippen LogP contribution in [0.2, 0.25) is 5.02 Å². The minimum Gasteiger partial charge on any atom is -0.297 e. The Balaban J connectivity index is 2.75. The zero-order valence-electron chi connectivity index (χ0n) is 10.1. The molecule has 0 aromatic heterocycles. The maximum absolute atomic E-state index is 6.21. The first-order chi connectivity index (χ1) is 8.08. The average molecular weight is 315 g/mol. The summed E-state index contributed by atoms with van der Waals surface area (Å²) in [5, 5.41) is 4.16. The zero-order valence-corrected chi connectivity index (χ0v) is 12.5. The first-order valence-corrected chi connectivity index (χ1v) is 6.92. The molecule has 1 nitrogen and oxygen atoms in total. The summed E-state index contributed by atoms with van der Waals surface area (Å²) in [6.07, 6.45) is 7.55. The zero-order chi connectivity index (χ0) is 12.8. The van der Waals surface area contributed by atoms with Gasteiger partial charge in [0.05, 0.1) is 6.04 Å². The highest BCUT2D eigenvalue weighted by atomic mass is 79.9. The minimum atomic E-state index is 0.106. The van der Waals surface area contributed by atoms with Gasteiger partial charge >= 0.3 is 0 Å². The molecule has 0 aliphatic rings. The third kappa shape index (κ3) is 4.35. The van der Waals surface area contributed by atoms with E-state index in [0.717, 1.165) is 27.9 Å². The summed E-state index contributed by atoms with van der Waals surface area (Å²) < 4.78 is 0.987. The summed E-state index contributed by atoms with van der Waals surface area (Å²) >= 11 is 9.60. The first-order valence-electron chi connectivity index (χ1n) is 5.75. The van der Waals surface area contributed by atoms with Crippen molar-refractivity contribution in [3.8, 4) is 12.3 Å². The highest BCUT2D eigenvalue weighted by Crippen LogP contribution is 2.26. The largest absolute Gasteiger partial charge is 0.297 e. The van der Waals surface area contributed by atoms with E-state index >= 15 is 0 Å². The summed E-state index contributed by atoms with van der Waals surface area (Å²) in [6, 6.07) is 6.17. The third-order valence-corrected chi connectivity index (χ3v) is 3.48. The second kappa shape index (κ2) is 7.06. The van der Waals surface area contributed by atoms with E-state index in [1.54, 1.807) is 0 Å². The number of halogens is 2. The van der Waals surface area contributed by atoms with E-state index in [2.05, 4.69) is 41.0 Å². The monoisotopic (exact) mass is 313 g/mol. The Kier molecular flexibility index (Phi) is 6.05. The molecule has 92 valence electrons. The minimum absolute atomic E-state index is 0.106. The summed E-state index contributed by atoms with van der Waals surface area (Å²) in [7, 11) is 0. The summed E-state index contributed by atoms with van der Waals surface area (Å²) in [4.78, 5) is 0. The fourth-order valence-corrected chi connectivity index (χ4v) is 2.58. The fourth-order valence-electron chi connectivity index (χ4n) is 1.75. The number of nitrogens with one attached hydrogen (secondary N) is 1. The van der Waals surface area contributed by atoms with Crippen LogP contribution in [0.1, 0.15) is 38.3 Å². The van der Waals surface area contributed by atoms with Crippen molar-refractivity contribution >= 4 is 27.5 Å². The quantitative estimate of drug-likeness (QED) is 0.786. The van der Waals surface area contributed by atoms with Crippen molar-refractivity contribution < 1.29 is 0 Å². The molecule has 3 heteroatoms. The van der Waals surface area contributed by atoms with Gasteiger partial charge in [-0.2, -0.15) is 0 Å². The normalized spacial score (nSPS) is 14.1. The lowest BCUT2D eigenvalue weighted by molar-refractivity contribution is 0.495. The van der Waals surface area contributed by atoms with Gasteiger partial charge in [0.1, 0.15) is 0 Å². The van der Waals surface area contributed by atoms with Crippen molar-refractivity contribution in [2.45, 2.75) is 38.8 Å². The molecule has 1 N–H and O–H groups in total. The van der Waals surface area contributed by atoms with Crippen molar-refractivity contribution in [3.05, 3.63) is 33.3 Å². The van der Waals surface area contributed by atoms with E-state index < -0.39 is 0 Å². The van der Waals surface area contributed by atoms with E-state index in [1.165, 1.54) is 0 Å². The third-order valence-electron chi connectivity index (χ3n) is 2.66. The van der Waals surface area contributed by atoms with E-state index in [4.69, 9.17) is 18.0 Å². The van der Waals surface area contributed by atoms with Gasteiger partial charge in [0.2, 0.25) is 0 Å². The van der Waals surface area contributed by atoms with Crippen LogP contribution < -0.4 is 5.32 Å². The molecule has 1 aromatic rings. The van der Waals surface area contributed by atoms with Crippen LogP contribution in [-0.4, -0.2) is 6.04 Å². The van der Waals surface area contributed by atoms with Gasteiger partial charge in [0, 0.05) is 15.5 Å². The number of hydrogen-bond acceptors (Lipinski definition) is 1. The Morgan fingerprint density at radius 3 is 2.76 bits per heavy atom. The van der Waals surface area contributed by atoms with Gasteiger partial charge in [-0.05, 0) is 31.0 Å². The Hall–Kier alpha value is -0.490. The second-order valence-electron chi connectivity index (χ2n) is 4.06. The van der Waals surface area contributed by atoms with E-state index in [0.29, 0.717) is 0 Å². The van der Waals surface area contributed by atoms with Crippen molar-refractivity contribution in [3.63, 3.8) is 0 Å². The molecule has 0 saturated heterocycles. The van der Waals surface area contributed by atoms with E-state index in [-0.39, 0.29) is 12.1 Å². The molecule has 0 aliphatic carbocycles. The number of terminal acetylenes is 1. The highest BCUT2D eigenvalue weighted by Gasteiger charge is 2.13. The van der Waals surface area contributed by atoms with E-state index in [1.807, 2.05) is 18.2 Å². The SMILES string of the molecule is C#CC(CCC)NC(C)c1ccc(Br)cc1Cl. The molecule has 0 heterocycles. The Morgan fingerprint density at radius 2 is 2.24 bits per heavy atom. The molecule has 17 heavy (non-hydrogen) atoms. The van der Waals surface area contributed by atoms with Gasteiger partial charge in [0.15, 0.2) is 0 Å². The molecule has 0 bridgehead atoms. The number of benzene rings is 1. The van der Waals surface area contributed by atoms with Crippen LogP contribution in [0, 0.1) is 12.3 Å². The Labute approximate surface area is 117 Å². The standard InChI is InChI=1S/C14H17BrClN/c1-4-6-12(5-2)17-10(3)13-8-7-11(15)9-14(13)16/h2,7-10,12,17H,4,6H2,1,3H3. The highest BCUT2D eigenvalue weighted by molar-refractivity contribution is 9.10. The van der Waals surface area contributed by atoms with Crippen LogP contribution in [0.4, 0.5) is 0 Å². The predicted molar refractivity (Wildman–Crippen MR) is 78.2 cm³/mol. The van der Waals surface area contributed by atoms with Gasteiger partial charge in [-0.1, -0.05) is 52.9 Å². The maximum atomic E-state index is 6.21. The van der Waals surface area contributed by atoms with Crippen LogP contribution >= 0.6 is 27.5 Å². The molecule has 2 atom stereocenters. The molecule has 0 spiro atoms. The van der Waals surface area contributed by atoms with Crippen molar-refractivity contribution in [1.82, 2.24) is 5.32 Å². The lowest BCUT2D eigenvalue weighted by Crippen LogP contribution is -2.30. The van der Waals surface area contributed by atoms with Gasteiger partial charge in [-0.25, -0.2) is 0 Å². The summed E-state index contributed by atoms with van der Waals surface area (Å²) in [5.41, 5.74) is 1.08. The summed E-state index contributed by atoms with van der Waals surface area (Å²) in [6.45, 7) is 4.21. The lowest BCUT2D eigenvalue weighted by Gasteiger charge is -2.20. The van der Waals surface area contributed by atoms with Crippen molar-refractivity contribution in [2.75, 3.05) is 0 Å². The predicted octanol–water partition coefficient (Wildman–Crippen LogP) is 4.56. The molecule has 0 fully saturated rings. The van der Waals surface area contributed by atoms with Crippen molar-refractivity contribution in [2.24, 2.45) is 0 Å². The molecular weight excluding hydrogens is 298 g/mol. The molecule has 0 aliphatic heterocycles. The molecule has 0 saturated carbocycles. The first kappa shape index (κ1) is 14.6. The topological polar surface area (TPSA) is 12.0 Å². The fraction of sp³-hybridized carbons (Fsp3) is 0.429. The Morgan fingerprint density at radius 1 is 1.53 bits per heavy atom. The number of hydrogen-bond donors (Lipinski definition) is 1. The molecule has 0 amide bonds. The summed E-state index contributed by atoms with van der Waals surface area (Å²) in [5.74, 6) is 2.77. The Bertz CT molecular complexity index is 411. The van der Waals surface area contributed by atoms with Crippen molar-refractivity contribution in [1.29, 1.82) is 0 Å². The van der Waals surface area contributed by atoms with Gasteiger partial charge in [-0.15, -0.1) is 6.42 Å². The van der Waals surface area contributed by atoms with E-state index in [9.17, 15) is 0 Å². The smallest absolute Gasteiger partial charge is 0.0691 e. The van der Waals surface area contributed by atoms with Crippen LogP contribution in [0.25, 0.3) is 0 Å². The van der Waals surface area contributed by atoms with Crippen LogP contribution in [0.15, 0.2) is 22.7 Å². The van der Waals surface area contributed by atoms with Crippen LogP contribution in [0.5, 0.6) is 0 Å². The van der Waals surface area contributed by atoms with Crippen LogP contribution in [0.3, 0.4) is 0 Å².